The van der Waals surface area contributed by atoms with E-state index in [9.17, 15) is 4.79 Å². The molecule has 0 atom stereocenters. The fraction of sp³-hybridized carbons (Fsp3) is 0.400. The molecule has 0 saturated carbocycles. The molecule has 0 radical (unpaired) electrons. The Morgan fingerprint density at radius 1 is 1.40 bits per heavy atom. The Kier molecular flexibility index (Phi) is 3.86. The lowest BCUT2D eigenvalue weighted by atomic mass is 11.0. The zero-order chi connectivity index (χ0) is 7.98. The molecule has 0 fully saturated rings. The number of carbonyl (C=O) groups is 1. The first-order chi connectivity index (χ1) is 4.80. The van der Waals surface area contributed by atoms with Crippen molar-refractivity contribution >= 4 is 6.09 Å². The van der Waals surface area contributed by atoms with Gasteiger partial charge in [0.1, 0.15) is 0 Å². The fourth-order valence-corrected chi connectivity index (χ4v) is 0.315. The van der Waals surface area contributed by atoms with Crippen molar-refractivity contribution in [2.45, 2.75) is 13.8 Å². The minimum atomic E-state index is -1.17. The number of hydrogen-bond donors (Lipinski definition) is 1. The summed E-state index contributed by atoms with van der Waals surface area (Å²) >= 11 is 0. The Bertz CT molecular complexity index is 183. The number of nitrogens with zero attached hydrogens (tertiary/aromatic N) is 3. The molecule has 0 aliphatic heterocycles. The smallest absolute Gasteiger partial charge is 0.449 e. The van der Waals surface area contributed by atoms with Crippen LogP contribution in [-0.2, 0) is 0 Å². The van der Waals surface area contributed by atoms with Crippen LogP contribution in [0, 0.1) is 0 Å². The maximum absolute atomic E-state index is 9.90. The quantitative estimate of drug-likeness (QED) is 0.584. The summed E-state index contributed by atoms with van der Waals surface area (Å²) in [5.41, 5.74) is 0. The fourth-order valence-electron chi connectivity index (χ4n) is 0.315. The molecular formula is C5H9N3O2. The van der Waals surface area contributed by atoms with Crippen LogP contribution in [-0.4, -0.2) is 26.2 Å². The highest BCUT2D eigenvalue weighted by Crippen LogP contribution is 1.73. The summed E-state index contributed by atoms with van der Waals surface area (Å²) in [7, 11) is 0. The molecule has 0 aliphatic carbocycles. The summed E-state index contributed by atoms with van der Waals surface area (Å²) < 4.78 is 0. The molecule has 1 aromatic heterocycles. The third kappa shape index (κ3) is 2.25. The molecule has 0 saturated heterocycles. The van der Waals surface area contributed by atoms with Crippen molar-refractivity contribution in [2.75, 3.05) is 0 Å². The van der Waals surface area contributed by atoms with Crippen molar-refractivity contribution < 1.29 is 9.90 Å². The van der Waals surface area contributed by atoms with Gasteiger partial charge in [0.2, 0.25) is 0 Å². The van der Waals surface area contributed by atoms with Gasteiger partial charge in [0, 0.05) is 0 Å². The molecule has 0 spiro atoms. The number of carboxylic acid groups (broad SMARTS) is 1. The van der Waals surface area contributed by atoms with Gasteiger partial charge >= 0.3 is 6.09 Å². The van der Waals surface area contributed by atoms with Gasteiger partial charge in [-0.15, -0.1) is 0 Å². The van der Waals surface area contributed by atoms with Crippen LogP contribution in [0.3, 0.4) is 0 Å². The van der Waals surface area contributed by atoms with Gasteiger partial charge in [0.25, 0.3) is 0 Å². The van der Waals surface area contributed by atoms with E-state index in [1.165, 1.54) is 12.4 Å². The van der Waals surface area contributed by atoms with E-state index in [1.54, 1.807) is 0 Å². The van der Waals surface area contributed by atoms with Gasteiger partial charge in [-0.25, -0.2) is 4.79 Å². The van der Waals surface area contributed by atoms with Crippen molar-refractivity contribution in [1.82, 2.24) is 15.0 Å². The van der Waals surface area contributed by atoms with Gasteiger partial charge in [-0.05, 0) is 0 Å². The van der Waals surface area contributed by atoms with Gasteiger partial charge in [-0.3, -0.25) is 0 Å². The molecule has 1 aromatic rings. The molecule has 0 unspecified atom stereocenters. The molecule has 10 heavy (non-hydrogen) atoms. The maximum Gasteiger partial charge on any atom is 0.449 e. The van der Waals surface area contributed by atoms with Crippen LogP contribution >= 0.6 is 0 Å². The van der Waals surface area contributed by atoms with Crippen LogP contribution in [0.1, 0.15) is 13.8 Å². The SMILES string of the molecule is CC.O=C(O)n1nccn1. The zero-order valence-corrected chi connectivity index (χ0v) is 5.85. The Hall–Kier alpha value is -1.39. The molecule has 0 aromatic carbocycles. The Labute approximate surface area is 58.3 Å². The molecule has 5 nitrogen and oxygen atoms in total. The molecule has 1 N–H and O–H groups in total. The van der Waals surface area contributed by atoms with E-state index >= 15 is 0 Å². The minimum Gasteiger partial charge on any atom is -0.462 e. The van der Waals surface area contributed by atoms with Crippen molar-refractivity contribution in [3.8, 4) is 0 Å². The maximum atomic E-state index is 9.90. The molecule has 0 aliphatic rings. The second-order valence-electron chi connectivity index (χ2n) is 1.10. The molecule has 5 heteroatoms. The standard InChI is InChI=1S/C3H3N3O2.C2H6/c7-3(8)6-4-1-2-5-6;1-2/h1-2H,(H,7,8);1-2H3. The lowest BCUT2D eigenvalue weighted by molar-refractivity contribution is 0.188. The highest BCUT2D eigenvalue weighted by atomic mass is 16.4. The molecule has 1 rings (SSSR count). The van der Waals surface area contributed by atoms with E-state index in [4.69, 9.17) is 5.11 Å². The predicted molar refractivity (Wildman–Crippen MR) is 34.8 cm³/mol. The minimum absolute atomic E-state index is 0.583. The summed E-state index contributed by atoms with van der Waals surface area (Å²) in [5.74, 6) is 0. The third-order valence-electron chi connectivity index (χ3n) is 0.590. The van der Waals surface area contributed by atoms with Crippen LogP contribution in [0.2, 0.25) is 0 Å². The van der Waals surface area contributed by atoms with Crippen LogP contribution in [0.5, 0.6) is 0 Å². The molecule has 0 amide bonds. The second kappa shape index (κ2) is 4.49. The van der Waals surface area contributed by atoms with Crippen molar-refractivity contribution in [3.05, 3.63) is 12.4 Å². The Balaban J connectivity index is 0.000000371. The summed E-state index contributed by atoms with van der Waals surface area (Å²) in [6.07, 6.45) is 1.43. The average molecular weight is 143 g/mol. The Morgan fingerprint density at radius 3 is 2.00 bits per heavy atom. The highest BCUT2D eigenvalue weighted by Gasteiger charge is 1.97. The molecular weight excluding hydrogens is 134 g/mol. The van der Waals surface area contributed by atoms with Crippen LogP contribution in [0.15, 0.2) is 12.4 Å². The first-order valence-corrected chi connectivity index (χ1v) is 2.90. The van der Waals surface area contributed by atoms with E-state index in [2.05, 4.69) is 10.2 Å². The normalized spacial score (nSPS) is 7.80. The van der Waals surface area contributed by atoms with Gasteiger partial charge in [-0.1, -0.05) is 18.6 Å². The monoisotopic (exact) mass is 143 g/mol. The van der Waals surface area contributed by atoms with E-state index in [-0.39, 0.29) is 0 Å². The van der Waals surface area contributed by atoms with Crippen LogP contribution < -0.4 is 0 Å². The average Bonchev–Trinajstić information content (AvgIpc) is 2.42. The van der Waals surface area contributed by atoms with E-state index in [0.717, 1.165) is 0 Å². The first-order valence-electron chi connectivity index (χ1n) is 2.90. The lowest BCUT2D eigenvalue weighted by Gasteiger charge is -1.82. The number of hydrogen-bond acceptors (Lipinski definition) is 3. The first kappa shape index (κ1) is 8.61. The molecule has 0 bridgehead atoms. The lowest BCUT2D eigenvalue weighted by Crippen LogP contribution is -2.10. The summed E-state index contributed by atoms with van der Waals surface area (Å²) in [4.78, 5) is 10.5. The highest BCUT2D eigenvalue weighted by molar-refractivity contribution is 5.64. The van der Waals surface area contributed by atoms with Gasteiger partial charge in [0.05, 0.1) is 12.4 Å². The molecule has 56 valence electrons. The summed E-state index contributed by atoms with van der Waals surface area (Å²) in [6, 6.07) is 0. The van der Waals surface area contributed by atoms with Crippen molar-refractivity contribution in [1.29, 1.82) is 0 Å². The van der Waals surface area contributed by atoms with Gasteiger partial charge < -0.3 is 5.11 Å². The second-order valence-corrected chi connectivity index (χ2v) is 1.10. The van der Waals surface area contributed by atoms with Crippen LogP contribution in [0.4, 0.5) is 4.79 Å². The van der Waals surface area contributed by atoms with Crippen LogP contribution in [0.25, 0.3) is 0 Å². The summed E-state index contributed by atoms with van der Waals surface area (Å²) in [5, 5.41) is 14.8. The Morgan fingerprint density at radius 2 is 1.80 bits per heavy atom. The molecule has 1 heterocycles. The van der Waals surface area contributed by atoms with Gasteiger partial charge in [0.15, 0.2) is 0 Å². The topological polar surface area (TPSA) is 68.0 Å². The predicted octanol–water partition coefficient (Wildman–Crippen LogP) is 0.830. The van der Waals surface area contributed by atoms with E-state index in [0.29, 0.717) is 4.80 Å². The number of rotatable bonds is 0. The van der Waals surface area contributed by atoms with Gasteiger partial charge in [-0.2, -0.15) is 10.2 Å². The van der Waals surface area contributed by atoms with E-state index < -0.39 is 6.09 Å². The third-order valence-corrected chi connectivity index (χ3v) is 0.590. The van der Waals surface area contributed by atoms with Crippen molar-refractivity contribution in [3.63, 3.8) is 0 Å². The summed E-state index contributed by atoms with van der Waals surface area (Å²) in [6.45, 7) is 4.00. The zero-order valence-electron chi connectivity index (χ0n) is 5.85. The van der Waals surface area contributed by atoms with E-state index in [1.807, 2.05) is 13.8 Å². The van der Waals surface area contributed by atoms with Crippen molar-refractivity contribution in [2.24, 2.45) is 0 Å². The number of aromatic nitrogens is 3. The largest absolute Gasteiger partial charge is 0.462 e.